The van der Waals surface area contributed by atoms with Gasteiger partial charge in [0.15, 0.2) is 11.5 Å². The lowest BCUT2D eigenvalue weighted by Gasteiger charge is -1.85. The number of carboxylic acids is 1. The van der Waals surface area contributed by atoms with Crippen LogP contribution in [-0.2, 0) is 0 Å². The molecule has 2 N–H and O–H groups in total. The first-order valence-electron chi connectivity index (χ1n) is 3.60. The van der Waals surface area contributed by atoms with Crippen LogP contribution in [0.15, 0.2) is 28.9 Å². The highest BCUT2D eigenvalue weighted by molar-refractivity contribution is 5.86. The van der Waals surface area contributed by atoms with E-state index in [0.717, 1.165) is 0 Å². The fraction of sp³-hybridized carbons (Fsp3) is 0. The van der Waals surface area contributed by atoms with Gasteiger partial charge in [-0.3, -0.25) is 5.10 Å². The number of hydrogen-bond acceptors (Lipinski definition) is 3. The Kier molecular flexibility index (Phi) is 1.63. The number of hydrogen-bond donors (Lipinski definition) is 2. The van der Waals surface area contributed by atoms with Crippen LogP contribution in [-0.4, -0.2) is 21.3 Å². The van der Waals surface area contributed by atoms with E-state index in [1.165, 1.54) is 12.3 Å². The van der Waals surface area contributed by atoms with E-state index in [1.54, 1.807) is 12.1 Å². The first-order valence-corrected chi connectivity index (χ1v) is 3.60. The summed E-state index contributed by atoms with van der Waals surface area (Å²) < 4.78 is 5.05. The Morgan fingerprint density at radius 3 is 3.00 bits per heavy atom. The van der Waals surface area contributed by atoms with Crippen LogP contribution in [0.4, 0.5) is 0 Å². The predicted molar refractivity (Wildman–Crippen MR) is 43.2 cm³/mol. The van der Waals surface area contributed by atoms with Crippen molar-refractivity contribution in [1.29, 1.82) is 0 Å². The van der Waals surface area contributed by atoms with Crippen LogP contribution in [0, 0.1) is 0 Å². The van der Waals surface area contributed by atoms with Crippen LogP contribution < -0.4 is 0 Å². The number of nitrogens with zero attached hydrogens (tertiary/aromatic N) is 1. The van der Waals surface area contributed by atoms with Crippen LogP contribution in [0.1, 0.15) is 10.5 Å². The Hall–Kier alpha value is -2.04. The van der Waals surface area contributed by atoms with Crippen molar-refractivity contribution in [3.8, 4) is 11.5 Å². The average molecular weight is 178 g/mol. The zero-order valence-electron chi connectivity index (χ0n) is 6.52. The summed E-state index contributed by atoms with van der Waals surface area (Å²) in [6.07, 6.45) is 1.51. The summed E-state index contributed by atoms with van der Waals surface area (Å²) >= 11 is 0. The highest BCUT2D eigenvalue weighted by Crippen LogP contribution is 2.17. The molecule has 0 aliphatic rings. The van der Waals surface area contributed by atoms with Gasteiger partial charge < -0.3 is 9.52 Å². The molecule has 0 aromatic carbocycles. The van der Waals surface area contributed by atoms with Gasteiger partial charge in [0.05, 0.1) is 6.26 Å². The number of nitrogens with one attached hydrogen (secondary N) is 1. The Morgan fingerprint density at radius 1 is 1.62 bits per heavy atom. The van der Waals surface area contributed by atoms with Crippen molar-refractivity contribution in [2.24, 2.45) is 0 Å². The van der Waals surface area contributed by atoms with E-state index in [-0.39, 0.29) is 5.69 Å². The van der Waals surface area contributed by atoms with Gasteiger partial charge in [-0.25, -0.2) is 4.79 Å². The fourth-order valence-electron chi connectivity index (χ4n) is 0.989. The maximum absolute atomic E-state index is 10.5. The molecule has 0 saturated heterocycles. The molecule has 0 aliphatic carbocycles. The predicted octanol–water partition coefficient (Wildman–Crippen LogP) is 1.37. The molecular formula is C8H6N2O3. The second kappa shape index (κ2) is 2.78. The second-order valence-corrected chi connectivity index (χ2v) is 2.45. The number of aromatic carboxylic acids is 1. The van der Waals surface area contributed by atoms with E-state index in [4.69, 9.17) is 9.52 Å². The molecule has 0 atom stereocenters. The molecule has 0 aliphatic heterocycles. The molecular weight excluding hydrogens is 172 g/mol. The van der Waals surface area contributed by atoms with Gasteiger partial charge in [0.2, 0.25) is 0 Å². The molecule has 5 nitrogen and oxygen atoms in total. The van der Waals surface area contributed by atoms with Gasteiger partial charge in [-0.1, -0.05) is 0 Å². The average Bonchev–Trinajstić information content (AvgIpc) is 2.75. The molecule has 0 unspecified atom stereocenters. The molecule has 0 amide bonds. The van der Waals surface area contributed by atoms with Crippen molar-refractivity contribution in [2.45, 2.75) is 0 Å². The number of carboxylic acid groups (broad SMARTS) is 1. The summed E-state index contributed by atoms with van der Waals surface area (Å²) in [6, 6.07) is 4.86. The summed E-state index contributed by atoms with van der Waals surface area (Å²) in [5.74, 6) is -0.492. The van der Waals surface area contributed by atoms with E-state index in [1.807, 2.05) is 0 Å². The Labute approximate surface area is 73.0 Å². The van der Waals surface area contributed by atoms with E-state index in [2.05, 4.69) is 10.2 Å². The van der Waals surface area contributed by atoms with Crippen molar-refractivity contribution in [3.05, 3.63) is 30.2 Å². The van der Waals surface area contributed by atoms with Crippen molar-refractivity contribution < 1.29 is 14.3 Å². The Morgan fingerprint density at radius 2 is 2.46 bits per heavy atom. The van der Waals surface area contributed by atoms with E-state index in [9.17, 15) is 4.79 Å². The quantitative estimate of drug-likeness (QED) is 0.727. The Bertz CT molecular complexity index is 416. The first-order chi connectivity index (χ1) is 6.27. The van der Waals surface area contributed by atoms with Gasteiger partial charge in [-0.05, 0) is 12.1 Å². The van der Waals surface area contributed by atoms with Crippen molar-refractivity contribution in [1.82, 2.24) is 10.2 Å². The minimum absolute atomic E-state index is 0.0219. The van der Waals surface area contributed by atoms with Crippen LogP contribution in [0.25, 0.3) is 11.5 Å². The number of furan rings is 1. The fourth-order valence-corrected chi connectivity index (χ4v) is 0.989. The lowest BCUT2D eigenvalue weighted by atomic mass is 10.3. The number of rotatable bonds is 2. The van der Waals surface area contributed by atoms with E-state index >= 15 is 0 Å². The number of aromatic nitrogens is 2. The molecule has 5 heteroatoms. The first kappa shape index (κ1) is 7.60. The maximum Gasteiger partial charge on any atom is 0.356 e. The third kappa shape index (κ3) is 1.31. The molecule has 66 valence electrons. The summed E-state index contributed by atoms with van der Waals surface area (Å²) in [6.45, 7) is 0. The zero-order valence-corrected chi connectivity index (χ0v) is 6.52. The Balaban J connectivity index is 2.39. The molecule has 2 aromatic heterocycles. The molecule has 0 spiro atoms. The summed E-state index contributed by atoms with van der Waals surface area (Å²) in [7, 11) is 0. The summed E-state index contributed by atoms with van der Waals surface area (Å²) in [5.41, 5.74) is 0.536. The van der Waals surface area contributed by atoms with Gasteiger partial charge >= 0.3 is 5.97 Å². The normalized spacial score (nSPS) is 10.2. The van der Waals surface area contributed by atoms with E-state index < -0.39 is 5.97 Å². The van der Waals surface area contributed by atoms with Crippen LogP contribution in [0.3, 0.4) is 0 Å². The minimum Gasteiger partial charge on any atom is -0.476 e. The standard InChI is InChI=1S/C8H6N2O3/c11-8(12)6-4-5(9-10-6)7-2-1-3-13-7/h1-4H,(H,9,10)(H,11,12). The monoisotopic (exact) mass is 178 g/mol. The van der Waals surface area contributed by atoms with Crippen molar-refractivity contribution in [3.63, 3.8) is 0 Å². The SMILES string of the molecule is O=C(O)c1cc(-c2ccco2)[nH]n1. The van der Waals surface area contributed by atoms with Crippen LogP contribution >= 0.6 is 0 Å². The lowest BCUT2D eigenvalue weighted by Crippen LogP contribution is -1.95. The third-order valence-electron chi connectivity index (χ3n) is 1.58. The van der Waals surface area contributed by atoms with Crippen LogP contribution in [0.2, 0.25) is 0 Å². The van der Waals surface area contributed by atoms with Gasteiger partial charge in [-0.2, -0.15) is 5.10 Å². The molecule has 2 rings (SSSR count). The number of aromatic amines is 1. The molecule has 13 heavy (non-hydrogen) atoms. The van der Waals surface area contributed by atoms with E-state index in [0.29, 0.717) is 11.5 Å². The second-order valence-electron chi connectivity index (χ2n) is 2.45. The zero-order chi connectivity index (χ0) is 9.26. The van der Waals surface area contributed by atoms with Crippen molar-refractivity contribution in [2.75, 3.05) is 0 Å². The van der Waals surface area contributed by atoms with Gasteiger partial charge in [0.1, 0.15) is 5.69 Å². The van der Waals surface area contributed by atoms with Gasteiger partial charge in [-0.15, -0.1) is 0 Å². The molecule has 0 radical (unpaired) electrons. The van der Waals surface area contributed by atoms with Crippen LogP contribution in [0.5, 0.6) is 0 Å². The smallest absolute Gasteiger partial charge is 0.356 e. The highest BCUT2D eigenvalue weighted by Gasteiger charge is 2.10. The molecule has 0 bridgehead atoms. The van der Waals surface area contributed by atoms with Gasteiger partial charge in [0.25, 0.3) is 0 Å². The molecule has 0 saturated carbocycles. The largest absolute Gasteiger partial charge is 0.476 e. The van der Waals surface area contributed by atoms with Gasteiger partial charge in [0, 0.05) is 6.07 Å². The molecule has 2 heterocycles. The molecule has 0 fully saturated rings. The number of carbonyl (C=O) groups is 1. The highest BCUT2D eigenvalue weighted by atomic mass is 16.4. The topological polar surface area (TPSA) is 79.1 Å². The lowest BCUT2D eigenvalue weighted by molar-refractivity contribution is 0.0690. The van der Waals surface area contributed by atoms with Crippen molar-refractivity contribution >= 4 is 5.97 Å². The maximum atomic E-state index is 10.5. The molecule has 2 aromatic rings. The third-order valence-corrected chi connectivity index (χ3v) is 1.58. The summed E-state index contributed by atoms with van der Waals surface area (Å²) in [5, 5.41) is 14.7. The minimum atomic E-state index is -1.06. The number of H-pyrrole nitrogens is 1. The summed E-state index contributed by atoms with van der Waals surface area (Å²) in [4.78, 5) is 10.5.